The number of anilines is 2. The molecule has 1 heterocycles. The number of hydrogen-bond donors (Lipinski definition) is 2. The first-order valence-electron chi connectivity index (χ1n) is 6.30. The van der Waals surface area contributed by atoms with Gasteiger partial charge in [-0.1, -0.05) is 0 Å². The summed E-state index contributed by atoms with van der Waals surface area (Å²) in [5.41, 5.74) is 8.01. The highest BCUT2D eigenvalue weighted by atomic mass is 32.2. The van der Waals surface area contributed by atoms with Gasteiger partial charge in [0.05, 0.1) is 10.6 Å². The van der Waals surface area contributed by atoms with E-state index in [-0.39, 0.29) is 4.90 Å². The molecule has 2 aromatic rings. The zero-order chi connectivity index (χ0) is 14.3. The maximum Gasteiger partial charge on any atom is 0.263 e. The van der Waals surface area contributed by atoms with Crippen LogP contribution < -0.4 is 10.5 Å². The van der Waals surface area contributed by atoms with Gasteiger partial charge in [-0.15, -0.1) is 11.3 Å². The first-order valence-corrected chi connectivity index (χ1v) is 8.66. The molecule has 0 aliphatic heterocycles. The Morgan fingerprint density at radius 3 is 2.80 bits per heavy atom. The van der Waals surface area contributed by atoms with Gasteiger partial charge in [-0.2, -0.15) is 0 Å². The zero-order valence-electron chi connectivity index (χ0n) is 11.0. The van der Waals surface area contributed by atoms with Crippen molar-refractivity contribution in [2.45, 2.75) is 30.6 Å². The lowest BCUT2D eigenvalue weighted by atomic mass is 10.2. The van der Waals surface area contributed by atoms with Crippen molar-refractivity contribution < 1.29 is 8.42 Å². The molecular formula is C13H15N3O2S2. The van der Waals surface area contributed by atoms with Crippen LogP contribution in [-0.4, -0.2) is 13.4 Å². The molecule has 1 aromatic heterocycles. The monoisotopic (exact) mass is 309 g/mol. The van der Waals surface area contributed by atoms with E-state index in [0.29, 0.717) is 16.7 Å². The quantitative estimate of drug-likeness (QED) is 0.850. The van der Waals surface area contributed by atoms with Gasteiger partial charge < -0.3 is 5.73 Å². The number of nitrogens with zero attached hydrogens (tertiary/aromatic N) is 1. The van der Waals surface area contributed by atoms with E-state index in [2.05, 4.69) is 9.71 Å². The molecule has 0 amide bonds. The molecule has 3 rings (SSSR count). The first-order chi connectivity index (χ1) is 9.45. The highest BCUT2D eigenvalue weighted by Crippen LogP contribution is 2.41. The van der Waals surface area contributed by atoms with Crippen LogP contribution in [0.3, 0.4) is 0 Å². The molecule has 1 saturated carbocycles. The Morgan fingerprint density at radius 1 is 1.40 bits per heavy atom. The largest absolute Gasteiger partial charge is 0.399 e. The van der Waals surface area contributed by atoms with Gasteiger partial charge in [-0.25, -0.2) is 13.4 Å². The Bertz CT molecular complexity index is 749. The summed E-state index contributed by atoms with van der Waals surface area (Å²) in [6.45, 7) is 1.78. The van der Waals surface area contributed by atoms with Gasteiger partial charge in [-0.05, 0) is 43.5 Å². The van der Waals surface area contributed by atoms with Crippen LogP contribution in [0.5, 0.6) is 0 Å². The van der Waals surface area contributed by atoms with E-state index in [1.807, 2.05) is 5.38 Å². The normalized spacial score (nSPS) is 15.2. The number of thiazole rings is 1. The van der Waals surface area contributed by atoms with E-state index in [0.717, 1.165) is 24.1 Å². The maximum absolute atomic E-state index is 12.3. The summed E-state index contributed by atoms with van der Waals surface area (Å²) in [5.74, 6) is 0.517. The van der Waals surface area contributed by atoms with E-state index in [1.54, 1.807) is 19.1 Å². The van der Waals surface area contributed by atoms with E-state index in [9.17, 15) is 8.42 Å². The highest BCUT2D eigenvalue weighted by molar-refractivity contribution is 7.93. The van der Waals surface area contributed by atoms with Crippen molar-refractivity contribution >= 4 is 32.2 Å². The van der Waals surface area contributed by atoms with Crippen molar-refractivity contribution in [1.29, 1.82) is 0 Å². The van der Waals surface area contributed by atoms with Gasteiger partial charge >= 0.3 is 0 Å². The number of nitrogens with two attached hydrogens (primary N) is 1. The standard InChI is InChI=1S/C13H15N3O2S2/c1-8-6-10(4-5-11(8)14)20(17,18)16-13-15-12(7-19-13)9-2-3-9/h4-7,9H,2-3,14H2,1H3,(H,15,16). The van der Waals surface area contributed by atoms with Gasteiger partial charge in [0.25, 0.3) is 10.0 Å². The second kappa shape index (κ2) is 4.75. The van der Waals surface area contributed by atoms with Gasteiger partial charge in [-0.3, -0.25) is 4.72 Å². The second-order valence-corrected chi connectivity index (χ2v) is 7.52. The number of aryl methyl sites for hydroxylation is 1. The fourth-order valence-corrected chi connectivity index (χ4v) is 4.02. The van der Waals surface area contributed by atoms with Gasteiger partial charge in [0.2, 0.25) is 0 Å². The molecule has 0 unspecified atom stereocenters. The van der Waals surface area contributed by atoms with Crippen molar-refractivity contribution in [2.24, 2.45) is 0 Å². The Kier molecular flexibility index (Phi) is 3.18. The van der Waals surface area contributed by atoms with Gasteiger partial charge in [0.15, 0.2) is 5.13 Å². The number of aromatic nitrogens is 1. The average molecular weight is 309 g/mol. The number of rotatable bonds is 4. The van der Waals surface area contributed by atoms with Crippen molar-refractivity contribution in [3.8, 4) is 0 Å². The van der Waals surface area contributed by atoms with Crippen molar-refractivity contribution in [2.75, 3.05) is 10.5 Å². The molecule has 3 N–H and O–H groups in total. The van der Waals surface area contributed by atoms with E-state index >= 15 is 0 Å². The van der Waals surface area contributed by atoms with Crippen LogP contribution in [0.1, 0.15) is 30.0 Å². The topological polar surface area (TPSA) is 85.1 Å². The van der Waals surface area contributed by atoms with Crippen LogP contribution in [0, 0.1) is 6.92 Å². The second-order valence-electron chi connectivity index (χ2n) is 4.98. The number of nitrogens with one attached hydrogen (secondary N) is 1. The summed E-state index contributed by atoms with van der Waals surface area (Å²) in [7, 11) is -3.60. The molecule has 0 radical (unpaired) electrons. The minimum absolute atomic E-state index is 0.201. The molecule has 1 aromatic carbocycles. The fraction of sp³-hybridized carbons (Fsp3) is 0.308. The number of benzene rings is 1. The predicted molar refractivity (Wildman–Crippen MR) is 80.5 cm³/mol. The summed E-state index contributed by atoms with van der Waals surface area (Å²) in [6, 6.07) is 4.66. The third-order valence-corrected chi connectivity index (χ3v) is 5.53. The lowest BCUT2D eigenvalue weighted by Gasteiger charge is -2.07. The third-order valence-electron chi connectivity index (χ3n) is 3.29. The molecule has 0 spiro atoms. The molecule has 5 nitrogen and oxygen atoms in total. The molecule has 1 fully saturated rings. The summed E-state index contributed by atoms with van der Waals surface area (Å²) in [4.78, 5) is 4.53. The van der Waals surface area contributed by atoms with Gasteiger partial charge in [0.1, 0.15) is 0 Å². The third kappa shape index (κ3) is 2.64. The molecule has 1 aliphatic carbocycles. The summed E-state index contributed by atoms with van der Waals surface area (Å²) in [5, 5.41) is 2.34. The highest BCUT2D eigenvalue weighted by Gasteiger charge is 2.26. The van der Waals surface area contributed by atoms with Crippen LogP contribution >= 0.6 is 11.3 Å². The SMILES string of the molecule is Cc1cc(S(=O)(=O)Nc2nc(C3CC3)cs2)ccc1N. The molecule has 106 valence electrons. The Labute approximate surface area is 121 Å². The predicted octanol–water partition coefficient (Wildman–Crippen LogP) is 2.71. The van der Waals surface area contributed by atoms with Gasteiger partial charge in [0, 0.05) is 17.0 Å². The molecule has 7 heteroatoms. The summed E-state index contributed by atoms with van der Waals surface area (Å²) >= 11 is 1.32. The summed E-state index contributed by atoms with van der Waals surface area (Å²) < 4.78 is 27.1. The van der Waals surface area contributed by atoms with Crippen molar-refractivity contribution in [1.82, 2.24) is 4.98 Å². The number of sulfonamides is 1. The van der Waals surface area contributed by atoms with Crippen molar-refractivity contribution in [3.05, 3.63) is 34.8 Å². The first kappa shape index (κ1) is 13.4. The lowest BCUT2D eigenvalue weighted by Crippen LogP contribution is -2.13. The Balaban J connectivity index is 1.84. The van der Waals surface area contributed by atoms with E-state index < -0.39 is 10.0 Å². The van der Waals surface area contributed by atoms with E-state index in [1.165, 1.54) is 17.4 Å². The minimum atomic E-state index is -3.60. The fourth-order valence-electron chi connectivity index (χ4n) is 1.89. The number of nitrogen functional groups attached to an aromatic ring is 1. The molecule has 0 saturated heterocycles. The molecule has 0 bridgehead atoms. The minimum Gasteiger partial charge on any atom is -0.399 e. The van der Waals surface area contributed by atoms with Crippen LogP contribution in [-0.2, 0) is 10.0 Å². The number of hydrogen-bond acceptors (Lipinski definition) is 5. The zero-order valence-corrected chi connectivity index (χ0v) is 12.6. The Hall–Kier alpha value is -1.60. The van der Waals surface area contributed by atoms with Crippen LogP contribution in [0.4, 0.5) is 10.8 Å². The lowest BCUT2D eigenvalue weighted by molar-refractivity contribution is 0.601. The van der Waals surface area contributed by atoms with Crippen LogP contribution in [0.15, 0.2) is 28.5 Å². The molecule has 0 atom stereocenters. The summed E-state index contributed by atoms with van der Waals surface area (Å²) in [6.07, 6.45) is 2.29. The molecule has 1 aliphatic rings. The van der Waals surface area contributed by atoms with Crippen molar-refractivity contribution in [3.63, 3.8) is 0 Å². The molecular weight excluding hydrogens is 294 g/mol. The van der Waals surface area contributed by atoms with E-state index in [4.69, 9.17) is 5.73 Å². The smallest absolute Gasteiger partial charge is 0.263 e. The van der Waals surface area contributed by atoms with Crippen LogP contribution in [0.2, 0.25) is 0 Å². The van der Waals surface area contributed by atoms with Crippen LogP contribution in [0.25, 0.3) is 0 Å². The average Bonchev–Trinajstić information content (AvgIpc) is 3.14. The Morgan fingerprint density at radius 2 is 2.15 bits per heavy atom. The maximum atomic E-state index is 12.3. The molecule has 20 heavy (non-hydrogen) atoms.